The number of hydrogen-bond acceptors (Lipinski definition) is 7. The molecule has 0 saturated heterocycles. The Labute approximate surface area is 206 Å². The summed E-state index contributed by atoms with van der Waals surface area (Å²) in [5.74, 6) is -0.258. The zero-order chi connectivity index (χ0) is 25.4. The Bertz CT molecular complexity index is 1140. The summed E-state index contributed by atoms with van der Waals surface area (Å²) in [6.07, 6.45) is 5.48. The molecule has 2 aromatic rings. The maximum atomic E-state index is 12.7. The first-order valence-corrected chi connectivity index (χ1v) is 13.0. The number of esters is 1. The number of aryl methyl sites for hydroxylation is 1. The van der Waals surface area contributed by atoms with Gasteiger partial charge in [-0.2, -0.15) is 0 Å². The molecule has 0 aliphatic heterocycles. The third-order valence-electron chi connectivity index (χ3n) is 6.00. The molecule has 2 N–H and O–H groups in total. The molecule has 0 heterocycles. The molecule has 1 fully saturated rings. The molecule has 1 amide bonds. The monoisotopic (exact) mass is 504 g/mol. The highest BCUT2D eigenvalue weighted by Gasteiger charge is 2.22. The van der Waals surface area contributed by atoms with Gasteiger partial charge in [0.1, 0.15) is 0 Å². The van der Waals surface area contributed by atoms with Crippen molar-refractivity contribution in [3.63, 3.8) is 0 Å². The van der Waals surface area contributed by atoms with Crippen molar-refractivity contribution in [1.29, 1.82) is 0 Å². The number of rotatable bonds is 10. The van der Waals surface area contributed by atoms with Gasteiger partial charge in [-0.1, -0.05) is 31.4 Å². The molecule has 1 aliphatic carbocycles. The van der Waals surface area contributed by atoms with Crippen LogP contribution >= 0.6 is 0 Å². The Morgan fingerprint density at radius 1 is 0.943 bits per heavy atom. The average Bonchev–Trinajstić information content (AvgIpc) is 2.87. The first-order valence-electron chi connectivity index (χ1n) is 11.5. The molecule has 9 nitrogen and oxygen atoms in total. The van der Waals surface area contributed by atoms with E-state index in [1.165, 1.54) is 33.5 Å². The van der Waals surface area contributed by atoms with Gasteiger partial charge in [0, 0.05) is 24.6 Å². The lowest BCUT2D eigenvalue weighted by Crippen LogP contribution is -2.36. The van der Waals surface area contributed by atoms with Crippen molar-refractivity contribution in [2.24, 2.45) is 0 Å². The van der Waals surface area contributed by atoms with E-state index in [9.17, 15) is 18.0 Å². The van der Waals surface area contributed by atoms with Crippen molar-refractivity contribution in [2.45, 2.75) is 55.9 Å². The zero-order valence-electron chi connectivity index (χ0n) is 20.3. The maximum Gasteiger partial charge on any atom is 0.340 e. The average molecular weight is 505 g/mol. The highest BCUT2D eigenvalue weighted by Crippen LogP contribution is 2.34. The van der Waals surface area contributed by atoms with Gasteiger partial charge < -0.3 is 19.5 Å². The first kappa shape index (κ1) is 26.5. The Morgan fingerprint density at radius 2 is 1.57 bits per heavy atom. The fraction of sp³-hybridized carbons (Fsp3) is 0.440. The number of anilines is 1. The predicted octanol–water partition coefficient (Wildman–Crippen LogP) is 3.67. The first-order chi connectivity index (χ1) is 16.8. The van der Waals surface area contributed by atoms with Crippen LogP contribution in [0.2, 0.25) is 0 Å². The Hall–Kier alpha value is -3.11. The maximum absolute atomic E-state index is 12.7. The number of amides is 1. The van der Waals surface area contributed by atoms with Crippen LogP contribution in [0.1, 0.15) is 54.4 Å². The molecule has 3 rings (SSSR count). The van der Waals surface area contributed by atoms with Gasteiger partial charge in [0.05, 0.1) is 37.5 Å². The smallest absolute Gasteiger partial charge is 0.340 e. The molecular weight excluding hydrogens is 472 g/mol. The van der Waals surface area contributed by atoms with Crippen LogP contribution < -0.4 is 19.5 Å². The quantitative estimate of drug-likeness (QED) is 0.474. The number of methoxy groups -OCH3 is 3. The molecular formula is C25H32N2O7S. The fourth-order valence-corrected chi connectivity index (χ4v) is 5.38. The summed E-state index contributed by atoms with van der Waals surface area (Å²) < 4.78 is 43.4. The van der Waals surface area contributed by atoms with Crippen LogP contribution in [0.3, 0.4) is 0 Å². The minimum Gasteiger partial charge on any atom is -0.493 e. The molecule has 1 aliphatic rings. The van der Waals surface area contributed by atoms with Crippen LogP contribution in [0.15, 0.2) is 41.3 Å². The SMILES string of the molecule is COC(=O)c1cc(OC)c(OC)cc1NC(=O)CCc1ccc(S(=O)(=O)NC2CCCCC2)cc1. The second-order valence-corrected chi connectivity index (χ2v) is 10.1. The molecule has 0 radical (unpaired) electrons. The largest absolute Gasteiger partial charge is 0.493 e. The van der Waals surface area contributed by atoms with E-state index in [4.69, 9.17) is 14.2 Å². The van der Waals surface area contributed by atoms with Gasteiger partial charge >= 0.3 is 5.97 Å². The topological polar surface area (TPSA) is 120 Å². The number of sulfonamides is 1. The van der Waals surface area contributed by atoms with Crippen molar-refractivity contribution in [3.8, 4) is 11.5 Å². The van der Waals surface area contributed by atoms with Crippen LogP contribution in [0.25, 0.3) is 0 Å². The standard InChI is InChI=1S/C25H32N2O7S/c1-32-22-15-20(25(29)34-3)21(16-23(22)33-2)26-24(28)14-11-17-9-12-19(13-10-17)35(30,31)27-18-7-5-4-6-8-18/h9-10,12-13,15-16,18,27H,4-8,11,14H2,1-3H3,(H,26,28). The molecule has 0 bridgehead atoms. The summed E-state index contributed by atoms with van der Waals surface area (Å²) in [5, 5.41) is 2.72. The van der Waals surface area contributed by atoms with E-state index in [2.05, 4.69) is 10.0 Å². The summed E-state index contributed by atoms with van der Waals surface area (Å²) >= 11 is 0. The van der Waals surface area contributed by atoms with Gasteiger partial charge in [0.15, 0.2) is 11.5 Å². The van der Waals surface area contributed by atoms with Crippen molar-refractivity contribution in [2.75, 3.05) is 26.6 Å². The molecule has 0 spiro atoms. The van der Waals surface area contributed by atoms with E-state index in [1.54, 1.807) is 24.3 Å². The number of carbonyl (C=O) groups excluding carboxylic acids is 2. The lowest BCUT2D eigenvalue weighted by molar-refractivity contribution is -0.116. The third kappa shape index (κ3) is 6.95. The Kier molecular flexibility index (Phi) is 9.11. The van der Waals surface area contributed by atoms with Crippen molar-refractivity contribution < 1.29 is 32.2 Å². The van der Waals surface area contributed by atoms with Gasteiger partial charge in [0.2, 0.25) is 15.9 Å². The minimum atomic E-state index is -3.57. The van der Waals surface area contributed by atoms with E-state index >= 15 is 0 Å². The highest BCUT2D eigenvalue weighted by atomic mass is 32.2. The highest BCUT2D eigenvalue weighted by molar-refractivity contribution is 7.89. The second-order valence-electron chi connectivity index (χ2n) is 8.39. The van der Waals surface area contributed by atoms with E-state index < -0.39 is 16.0 Å². The minimum absolute atomic E-state index is 0.0106. The molecule has 35 heavy (non-hydrogen) atoms. The molecule has 10 heteroatoms. The summed E-state index contributed by atoms with van der Waals surface area (Å²) in [5.41, 5.74) is 1.20. The van der Waals surface area contributed by atoms with Gasteiger partial charge in [-0.3, -0.25) is 4.79 Å². The van der Waals surface area contributed by atoms with E-state index in [0.29, 0.717) is 17.9 Å². The number of hydrogen-bond donors (Lipinski definition) is 2. The summed E-state index contributed by atoms with van der Waals surface area (Å²) in [6.45, 7) is 0. The van der Waals surface area contributed by atoms with E-state index in [0.717, 1.165) is 37.7 Å². The molecule has 1 saturated carbocycles. The van der Waals surface area contributed by atoms with Crippen LogP contribution in [0.5, 0.6) is 11.5 Å². The third-order valence-corrected chi connectivity index (χ3v) is 7.54. The molecule has 2 aromatic carbocycles. The van der Waals surface area contributed by atoms with Crippen molar-refractivity contribution in [1.82, 2.24) is 4.72 Å². The summed E-state index contributed by atoms with van der Waals surface area (Å²) in [6, 6.07) is 9.47. The number of nitrogens with one attached hydrogen (secondary N) is 2. The molecule has 0 aromatic heterocycles. The van der Waals surface area contributed by atoms with E-state index in [1.807, 2.05) is 0 Å². The molecule has 0 unspecified atom stereocenters. The lowest BCUT2D eigenvalue weighted by atomic mass is 9.96. The van der Waals surface area contributed by atoms with Crippen molar-refractivity contribution in [3.05, 3.63) is 47.5 Å². The van der Waals surface area contributed by atoms with Crippen LogP contribution in [0, 0.1) is 0 Å². The second kappa shape index (κ2) is 12.0. The predicted molar refractivity (Wildman–Crippen MR) is 131 cm³/mol. The van der Waals surface area contributed by atoms with Crippen LogP contribution in [-0.2, 0) is 26.0 Å². The van der Waals surface area contributed by atoms with Crippen LogP contribution in [-0.4, -0.2) is 47.7 Å². The molecule has 190 valence electrons. The van der Waals surface area contributed by atoms with Crippen molar-refractivity contribution >= 4 is 27.6 Å². The molecule has 0 atom stereocenters. The Balaban J connectivity index is 1.63. The Morgan fingerprint density at radius 3 is 2.17 bits per heavy atom. The van der Waals surface area contributed by atoms with E-state index in [-0.39, 0.29) is 34.5 Å². The lowest BCUT2D eigenvalue weighted by Gasteiger charge is -2.22. The van der Waals surface area contributed by atoms with Gasteiger partial charge in [-0.25, -0.2) is 17.9 Å². The number of carbonyl (C=O) groups is 2. The van der Waals surface area contributed by atoms with Crippen LogP contribution in [0.4, 0.5) is 5.69 Å². The van der Waals surface area contributed by atoms with Gasteiger partial charge in [0.25, 0.3) is 0 Å². The summed E-state index contributed by atoms with van der Waals surface area (Å²) in [7, 11) is 0.576. The zero-order valence-corrected chi connectivity index (χ0v) is 21.1. The summed E-state index contributed by atoms with van der Waals surface area (Å²) in [4.78, 5) is 25.0. The van der Waals surface area contributed by atoms with Gasteiger partial charge in [-0.15, -0.1) is 0 Å². The number of benzene rings is 2. The van der Waals surface area contributed by atoms with Gasteiger partial charge in [-0.05, 0) is 37.0 Å². The fourth-order valence-electron chi connectivity index (χ4n) is 4.07. The normalized spacial score (nSPS) is 14.3. The number of ether oxygens (including phenoxy) is 3.